The van der Waals surface area contributed by atoms with Gasteiger partial charge in [-0.05, 0) is 23.8 Å². The van der Waals surface area contributed by atoms with Gasteiger partial charge in [0, 0.05) is 19.7 Å². The van der Waals surface area contributed by atoms with E-state index in [0.717, 1.165) is 0 Å². The first-order valence-electron chi connectivity index (χ1n) is 5.04. The van der Waals surface area contributed by atoms with Crippen molar-refractivity contribution in [3.8, 4) is 0 Å². The molecule has 92 valence electrons. The number of methoxy groups -OCH3 is 1. The first-order valence-corrected chi connectivity index (χ1v) is 5.04. The molecule has 0 fully saturated rings. The van der Waals surface area contributed by atoms with Crippen molar-refractivity contribution in [3.05, 3.63) is 34.9 Å². The normalized spacial score (nSPS) is 9.88. The Hall–Kier alpha value is -1.88. The fourth-order valence-corrected chi connectivity index (χ4v) is 1.40. The first kappa shape index (κ1) is 13.2. The first-order chi connectivity index (χ1) is 7.99. The molecule has 0 aliphatic heterocycles. The molecule has 1 aromatic rings. The zero-order chi connectivity index (χ0) is 13.0. The van der Waals surface area contributed by atoms with Crippen molar-refractivity contribution in [2.45, 2.75) is 6.61 Å². The van der Waals surface area contributed by atoms with Crippen LogP contribution >= 0.6 is 0 Å². The minimum atomic E-state index is -0.534. The summed E-state index contributed by atoms with van der Waals surface area (Å²) >= 11 is 0. The Morgan fingerprint density at radius 1 is 1.24 bits per heavy atom. The molecule has 5 heteroatoms. The van der Waals surface area contributed by atoms with Crippen LogP contribution in [-0.2, 0) is 11.3 Å². The highest BCUT2D eigenvalue weighted by molar-refractivity contribution is 5.98. The minimum Gasteiger partial charge on any atom is -0.465 e. The molecule has 5 nitrogen and oxygen atoms in total. The van der Waals surface area contributed by atoms with E-state index >= 15 is 0 Å². The van der Waals surface area contributed by atoms with Crippen molar-refractivity contribution in [1.82, 2.24) is 4.90 Å². The van der Waals surface area contributed by atoms with Gasteiger partial charge in [0.25, 0.3) is 5.91 Å². The summed E-state index contributed by atoms with van der Waals surface area (Å²) in [5.74, 6) is -0.765. The maximum Gasteiger partial charge on any atom is 0.337 e. The molecule has 0 spiro atoms. The van der Waals surface area contributed by atoms with Crippen LogP contribution in [0.3, 0.4) is 0 Å². The maximum atomic E-state index is 11.8. The molecule has 1 N–H and O–H groups in total. The Labute approximate surface area is 99.6 Å². The van der Waals surface area contributed by atoms with E-state index in [4.69, 9.17) is 5.11 Å². The molecule has 1 rings (SSSR count). The summed E-state index contributed by atoms with van der Waals surface area (Å²) in [5, 5.41) is 9.08. The van der Waals surface area contributed by atoms with Gasteiger partial charge in [-0.25, -0.2) is 4.79 Å². The standard InChI is InChI=1S/C12H15NO4/c1-13(2)11(15)9-4-8(7-14)5-10(6-9)12(16)17-3/h4-6,14H,7H2,1-3H3. The topological polar surface area (TPSA) is 66.8 Å². The van der Waals surface area contributed by atoms with Gasteiger partial charge in [-0.2, -0.15) is 0 Å². The van der Waals surface area contributed by atoms with E-state index in [1.807, 2.05) is 0 Å². The molecule has 0 saturated carbocycles. The minimum absolute atomic E-state index is 0.231. The second-order valence-corrected chi connectivity index (χ2v) is 3.77. The molecule has 0 radical (unpaired) electrons. The van der Waals surface area contributed by atoms with Gasteiger partial charge in [0.1, 0.15) is 0 Å². The van der Waals surface area contributed by atoms with Gasteiger partial charge < -0.3 is 14.7 Å². The van der Waals surface area contributed by atoms with Gasteiger partial charge in [-0.3, -0.25) is 4.79 Å². The SMILES string of the molecule is COC(=O)c1cc(CO)cc(C(=O)N(C)C)c1. The Bertz CT molecular complexity index is 440. The number of amides is 1. The summed E-state index contributed by atoms with van der Waals surface area (Å²) in [4.78, 5) is 24.6. The predicted molar refractivity (Wildman–Crippen MR) is 61.7 cm³/mol. The molecule has 0 heterocycles. The van der Waals surface area contributed by atoms with Crippen LogP contribution < -0.4 is 0 Å². The highest BCUT2D eigenvalue weighted by Crippen LogP contribution is 2.13. The van der Waals surface area contributed by atoms with Gasteiger partial charge >= 0.3 is 5.97 Å². The summed E-state index contributed by atoms with van der Waals surface area (Å²) in [5.41, 5.74) is 1.10. The zero-order valence-corrected chi connectivity index (χ0v) is 10.1. The zero-order valence-electron chi connectivity index (χ0n) is 10.1. The Kier molecular flexibility index (Phi) is 4.23. The van der Waals surface area contributed by atoms with Crippen molar-refractivity contribution in [3.63, 3.8) is 0 Å². The number of benzene rings is 1. The van der Waals surface area contributed by atoms with Gasteiger partial charge in [0.15, 0.2) is 0 Å². The quantitative estimate of drug-likeness (QED) is 0.784. The van der Waals surface area contributed by atoms with Crippen LogP contribution in [0.25, 0.3) is 0 Å². The van der Waals surface area contributed by atoms with Gasteiger partial charge in [0.05, 0.1) is 19.3 Å². The average Bonchev–Trinajstić information content (AvgIpc) is 2.35. The number of carbonyl (C=O) groups is 2. The predicted octanol–water partition coefficient (Wildman–Crippen LogP) is 0.667. The van der Waals surface area contributed by atoms with E-state index in [-0.39, 0.29) is 18.1 Å². The summed E-state index contributed by atoms with van der Waals surface area (Å²) in [6.07, 6.45) is 0. The van der Waals surface area contributed by atoms with Crippen molar-refractivity contribution in [2.75, 3.05) is 21.2 Å². The Morgan fingerprint density at radius 2 is 1.82 bits per heavy atom. The van der Waals surface area contributed by atoms with E-state index in [1.54, 1.807) is 20.2 Å². The van der Waals surface area contributed by atoms with Gasteiger partial charge in [-0.15, -0.1) is 0 Å². The van der Waals surface area contributed by atoms with Crippen LogP contribution in [0.5, 0.6) is 0 Å². The largest absolute Gasteiger partial charge is 0.465 e. The third kappa shape index (κ3) is 3.04. The Balaban J connectivity index is 3.23. The summed E-state index contributed by atoms with van der Waals surface area (Å²) in [7, 11) is 4.50. The molecule has 0 aromatic heterocycles. The van der Waals surface area contributed by atoms with E-state index < -0.39 is 5.97 Å². The number of aliphatic hydroxyl groups excluding tert-OH is 1. The number of ether oxygens (including phenoxy) is 1. The van der Waals surface area contributed by atoms with Gasteiger partial charge in [-0.1, -0.05) is 0 Å². The number of nitrogens with zero attached hydrogens (tertiary/aromatic N) is 1. The van der Waals surface area contributed by atoms with Gasteiger partial charge in [0.2, 0.25) is 0 Å². The molecule has 0 aliphatic carbocycles. The van der Waals surface area contributed by atoms with Crippen LogP contribution in [0.2, 0.25) is 0 Å². The van der Waals surface area contributed by atoms with Crippen molar-refractivity contribution in [1.29, 1.82) is 0 Å². The lowest BCUT2D eigenvalue weighted by Gasteiger charge is -2.12. The second kappa shape index (κ2) is 5.45. The molecule has 0 unspecified atom stereocenters. The van der Waals surface area contributed by atoms with Crippen LogP contribution in [0, 0.1) is 0 Å². The molecule has 1 amide bonds. The number of carbonyl (C=O) groups excluding carboxylic acids is 2. The highest BCUT2D eigenvalue weighted by Gasteiger charge is 2.14. The molecular weight excluding hydrogens is 222 g/mol. The fourth-order valence-electron chi connectivity index (χ4n) is 1.40. The lowest BCUT2D eigenvalue weighted by atomic mass is 10.1. The van der Waals surface area contributed by atoms with E-state index in [1.165, 1.54) is 24.1 Å². The van der Waals surface area contributed by atoms with Crippen LogP contribution in [0.1, 0.15) is 26.3 Å². The van der Waals surface area contributed by atoms with E-state index in [2.05, 4.69) is 4.74 Å². The third-order valence-electron chi connectivity index (χ3n) is 2.25. The number of rotatable bonds is 3. The van der Waals surface area contributed by atoms with Crippen LogP contribution in [0.15, 0.2) is 18.2 Å². The molecule has 0 aliphatic rings. The number of aliphatic hydroxyl groups is 1. The fraction of sp³-hybridized carbons (Fsp3) is 0.333. The third-order valence-corrected chi connectivity index (χ3v) is 2.25. The van der Waals surface area contributed by atoms with Crippen molar-refractivity contribution >= 4 is 11.9 Å². The summed E-state index contributed by atoms with van der Waals surface area (Å²) < 4.78 is 4.59. The van der Waals surface area contributed by atoms with Crippen molar-refractivity contribution < 1.29 is 19.4 Å². The average molecular weight is 237 g/mol. The summed E-state index contributed by atoms with van der Waals surface area (Å²) in [6.45, 7) is -0.238. The lowest BCUT2D eigenvalue weighted by Crippen LogP contribution is -2.22. The number of hydrogen-bond acceptors (Lipinski definition) is 4. The van der Waals surface area contributed by atoms with E-state index in [9.17, 15) is 9.59 Å². The van der Waals surface area contributed by atoms with Crippen LogP contribution in [0.4, 0.5) is 0 Å². The highest BCUT2D eigenvalue weighted by atomic mass is 16.5. The second-order valence-electron chi connectivity index (χ2n) is 3.77. The smallest absolute Gasteiger partial charge is 0.337 e. The summed E-state index contributed by atoms with van der Waals surface area (Å²) in [6, 6.07) is 4.50. The molecular formula is C12H15NO4. The molecule has 0 saturated heterocycles. The molecule has 0 atom stereocenters. The molecule has 17 heavy (non-hydrogen) atoms. The molecule has 0 bridgehead atoms. The number of hydrogen-bond donors (Lipinski definition) is 1. The van der Waals surface area contributed by atoms with Crippen molar-refractivity contribution in [2.24, 2.45) is 0 Å². The maximum absolute atomic E-state index is 11.8. The molecule has 1 aromatic carbocycles. The number of esters is 1. The van der Waals surface area contributed by atoms with E-state index in [0.29, 0.717) is 11.1 Å². The van der Waals surface area contributed by atoms with Crippen LogP contribution in [-0.4, -0.2) is 43.1 Å². The monoisotopic (exact) mass is 237 g/mol. The lowest BCUT2D eigenvalue weighted by molar-refractivity contribution is 0.0600. The Morgan fingerprint density at radius 3 is 2.29 bits per heavy atom.